The lowest BCUT2D eigenvalue weighted by atomic mass is 10.1. The molecule has 0 unspecified atom stereocenters. The second-order valence-electron chi connectivity index (χ2n) is 6.98. The van der Waals surface area contributed by atoms with Crippen molar-refractivity contribution in [2.45, 2.75) is 0 Å². The molecule has 1 fully saturated rings. The third kappa shape index (κ3) is 5.41. The van der Waals surface area contributed by atoms with Crippen LogP contribution in [0.15, 0.2) is 77.7 Å². The third-order valence-electron chi connectivity index (χ3n) is 4.72. The molecule has 1 amide bonds. The zero-order chi connectivity index (χ0) is 24.1. The molecule has 1 aliphatic heterocycles. The number of hydrogen-bond donors (Lipinski definition) is 0. The zero-order valence-corrected chi connectivity index (χ0v) is 19.2. The largest absolute Gasteiger partial charge is 0.490 e. The number of ether oxygens (including phenoxy) is 2. The molecule has 0 aliphatic carbocycles. The van der Waals surface area contributed by atoms with Crippen LogP contribution in [0.2, 0.25) is 0 Å². The maximum absolute atomic E-state index is 13.3. The number of thiocarbonyl (C=S) groups is 1. The Morgan fingerprint density at radius 3 is 2.44 bits per heavy atom. The molecule has 1 heterocycles. The summed E-state index contributed by atoms with van der Waals surface area (Å²) >= 11 is 6.38. The summed E-state index contributed by atoms with van der Waals surface area (Å²) in [5.74, 6) is 0.208. The van der Waals surface area contributed by atoms with Gasteiger partial charge in [0.25, 0.3) is 11.6 Å². The van der Waals surface area contributed by atoms with Crippen LogP contribution < -0.4 is 14.4 Å². The van der Waals surface area contributed by atoms with Crippen LogP contribution in [0.5, 0.6) is 11.5 Å². The summed E-state index contributed by atoms with van der Waals surface area (Å²) in [5, 5.41) is 11.3. The number of nitro benzene ring substituents is 1. The standard InChI is InChI=1S/C24H17FN2O5S2/c25-17-6-8-18(9-7-17)26-23(28)22(34-24(26)33)15-16-14-19(27(29)30)10-11-21(16)32-13-12-31-20-4-2-1-3-5-20/h1-11,14-15H,12-13H2/b22-15-. The Labute approximate surface area is 203 Å². The molecule has 0 N–H and O–H groups in total. The number of nitro groups is 1. The molecule has 0 atom stereocenters. The lowest BCUT2D eigenvalue weighted by Gasteiger charge is -2.14. The Hall–Kier alpha value is -3.76. The first-order valence-electron chi connectivity index (χ1n) is 10.0. The van der Waals surface area contributed by atoms with Gasteiger partial charge in [0.1, 0.15) is 30.5 Å². The smallest absolute Gasteiger partial charge is 0.270 e. The van der Waals surface area contributed by atoms with Gasteiger partial charge in [-0.2, -0.15) is 0 Å². The average Bonchev–Trinajstić information content (AvgIpc) is 3.11. The van der Waals surface area contributed by atoms with Crippen molar-refractivity contribution in [2.75, 3.05) is 18.1 Å². The molecule has 0 bridgehead atoms. The molecule has 3 aromatic rings. The number of nitrogens with zero attached hydrogens (tertiary/aromatic N) is 2. The molecule has 3 aromatic carbocycles. The van der Waals surface area contributed by atoms with Gasteiger partial charge in [0.05, 0.1) is 15.5 Å². The van der Waals surface area contributed by atoms with Gasteiger partial charge in [-0.1, -0.05) is 42.2 Å². The Morgan fingerprint density at radius 1 is 1.03 bits per heavy atom. The fraction of sp³-hybridized carbons (Fsp3) is 0.0833. The van der Waals surface area contributed by atoms with Crippen molar-refractivity contribution < 1.29 is 23.6 Å². The SMILES string of the molecule is O=C1/C(=C/c2cc([N+](=O)[O-])ccc2OCCOc2ccccc2)SC(=S)N1c1ccc(F)cc1. The van der Waals surface area contributed by atoms with E-state index in [1.165, 1.54) is 53.4 Å². The molecule has 4 rings (SSSR count). The minimum absolute atomic E-state index is 0.145. The first-order chi connectivity index (χ1) is 16.4. The van der Waals surface area contributed by atoms with E-state index in [1.54, 1.807) is 0 Å². The summed E-state index contributed by atoms with van der Waals surface area (Å²) in [6, 6.07) is 18.8. The van der Waals surface area contributed by atoms with Crippen molar-refractivity contribution in [1.82, 2.24) is 0 Å². The molecular weight excluding hydrogens is 479 g/mol. The van der Waals surface area contributed by atoms with Crippen LogP contribution in [-0.4, -0.2) is 28.4 Å². The summed E-state index contributed by atoms with van der Waals surface area (Å²) in [5.41, 5.74) is 0.641. The molecule has 172 valence electrons. The summed E-state index contributed by atoms with van der Waals surface area (Å²) in [6.07, 6.45) is 1.50. The van der Waals surface area contributed by atoms with Gasteiger partial charge in [-0.15, -0.1) is 0 Å². The summed E-state index contributed by atoms with van der Waals surface area (Å²) in [7, 11) is 0. The van der Waals surface area contributed by atoms with Gasteiger partial charge in [-0.05, 0) is 48.5 Å². The summed E-state index contributed by atoms with van der Waals surface area (Å²) < 4.78 is 24.9. The number of thioether (sulfide) groups is 1. The van der Waals surface area contributed by atoms with E-state index < -0.39 is 16.6 Å². The molecule has 0 saturated carbocycles. The monoisotopic (exact) mass is 496 g/mol. The van der Waals surface area contributed by atoms with Gasteiger partial charge in [-0.25, -0.2) is 4.39 Å². The van der Waals surface area contributed by atoms with Gasteiger partial charge < -0.3 is 9.47 Å². The van der Waals surface area contributed by atoms with Crippen LogP contribution in [-0.2, 0) is 4.79 Å². The fourth-order valence-corrected chi connectivity index (χ4v) is 4.43. The number of anilines is 1. The number of halogens is 1. The predicted molar refractivity (Wildman–Crippen MR) is 133 cm³/mol. The Morgan fingerprint density at radius 2 is 1.74 bits per heavy atom. The van der Waals surface area contributed by atoms with Crippen LogP contribution in [0.3, 0.4) is 0 Å². The van der Waals surface area contributed by atoms with Crippen molar-refractivity contribution in [3.63, 3.8) is 0 Å². The predicted octanol–water partition coefficient (Wildman–Crippen LogP) is 5.60. The summed E-state index contributed by atoms with van der Waals surface area (Å²) in [6.45, 7) is 0.442. The molecule has 34 heavy (non-hydrogen) atoms. The normalized spacial score (nSPS) is 14.5. The van der Waals surface area contributed by atoms with Crippen LogP contribution >= 0.6 is 24.0 Å². The topological polar surface area (TPSA) is 81.9 Å². The van der Waals surface area contributed by atoms with Crippen LogP contribution in [0.4, 0.5) is 15.8 Å². The quantitative estimate of drug-likeness (QED) is 0.132. The molecular formula is C24H17FN2O5S2. The number of amides is 1. The maximum atomic E-state index is 13.3. The Bertz CT molecular complexity index is 1270. The number of benzene rings is 3. The van der Waals surface area contributed by atoms with E-state index in [0.29, 0.717) is 22.7 Å². The maximum Gasteiger partial charge on any atom is 0.270 e. The van der Waals surface area contributed by atoms with Crippen molar-refractivity contribution in [2.24, 2.45) is 0 Å². The molecule has 0 aromatic heterocycles. The Balaban J connectivity index is 1.55. The average molecular weight is 497 g/mol. The van der Waals surface area contributed by atoms with Crippen molar-refractivity contribution in [1.29, 1.82) is 0 Å². The first kappa shape index (κ1) is 23.4. The van der Waals surface area contributed by atoms with E-state index in [1.807, 2.05) is 30.3 Å². The lowest BCUT2D eigenvalue weighted by Crippen LogP contribution is -2.27. The van der Waals surface area contributed by atoms with Gasteiger partial charge in [0.2, 0.25) is 0 Å². The zero-order valence-electron chi connectivity index (χ0n) is 17.5. The van der Waals surface area contributed by atoms with Gasteiger partial charge in [0.15, 0.2) is 4.32 Å². The first-order valence-corrected chi connectivity index (χ1v) is 11.3. The number of carbonyl (C=O) groups is 1. The molecule has 1 saturated heterocycles. The number of rotatable bonds is 8. The summed E-state index contributed by atoms with van der Waals surface area (Å²) in [4.78, 5) is 25.3. The van der Waals surface area contributed by atoms with Crippen LogP contribution in [0.1, 0.15) is 5.56 Å². The highest BCUT2D eigenvalue weighted by molar-refractivity contribution is 8.27. The van der Waals surface area contributed by atoms with E-state index in [9.17, 15) is 19.3 Å². The van der Waals surface area contributed by atoms with E-state index in [-0.39, 0.29) is 28.1 Å². The fourth-order valence-electron chi connectivity index (χ4n) is 3.14. The van der Waals surface area contributed by atoms with Crippen molar-refractivity contribution in [3.8, 4) is 11.5 Å². The highest BCUT2D eigenvalue weighted by Gasteiger charge is 2.33. The second kappa shape index (κ2) is 10.4. The van der Waals surface area contributed by atoms with Gasteiger partial charge in [-0.3, -0.25) is 19.8 Å². The molecule has 1 aliphatic rings. The molecule has 0 spiro atoms. The van der Waals surface area contributed by atoms with Crippen molar-refractivity contribution >= 4 is 51.7 Å². The number of hydrogen-bond acceptors (Lipinski definition) is 7. The number of non-ortho nitro benzene ring substituents is 1. The van der Waals surface area contributed by atoms with Crippen LogP contribution in [0, 0.1) is 15.9 Å². The molecule has 7 nitrogen and oxygen atoms in total. The second-order valence-corrected chi connectivity index (χ2v) is 8.66. The van der Waals surface area contributed by atoms with Crippen molar-refractivity contribution in [3.05, 3.63) is 99.2 Å². The van der Waals surface area contributed by atoms with E-state index in [0.717, 1.165) is 11.8 Å². The number of carbonyl (C=O) groups excluding carboxylic acids is 1. The molecule has 10 heteroatoms. The Kier molecular flexibility index (Phi) is 7.19. The highest BCUT2D eigenvalue weighted by Crippen LogP contribution is 2.37. The van der Waals surface area contributed by atoms with E-state index in [4.69, 9.17) is 21.7 Å². The lowest BCUT2D eigenvalue weighted by molar-refractivity contribution is -0.384. The van der Waals surface area contributed by atoms with Gasteiger partial charge >= 0.3 is 0 Å². The van der Waals surface area contributed by atoms with Gasteiger partial charge in [0, 0.05) is 17.7 Å². The highest BCUT2D eigenvalue weighted by atomic mass is 32.2. The number of para-hydroxylation sites is 1. The minimum Gasteiger partial charge on any atom is -0.490 e. The third-order valence-corrected chi connectivity index (χ3v) is 6.02. The van der Waals surface area contributed by atoms with Crippen LogP contribution in [0.25, 0.3) is 6.08 Å². The van der Waals surface area contributed by atoms with E-state index in [2.05, 4.69) is 0 Å². The van der Waals surface area contributed by atoms with E-state index >= 15 is 0 Å². The minimum atomic E-state index is -0.524. The molecule has 0 radical (unpaired) electrons.